The van der Waals surface area contributed by atoms with E-state index in [1.807, 2.05) is 0 Å². The van der Waals surface area contributed by atoms with Gasteiger partial charge in [0.1, 0.15) is 5.82 Å². The quantitative estimate of drug-likeness (QED) is 0.856. The van der Waals surface area contributed by atoms with Gasteiger partial charge in [-0.05, 0) is 50.6 Å². The van der Waals surface area contributed by atoms with Gasteiger partial charge in [-0.25, -0.2) is 17.5 Å². The van der Waals surface area contributed by atoms with Crippen LogP contribution in [0.2, 0.25) is 0 Å². The lowest BCUT2D eigenvalue weighted by atomic mass is 10.1. The van der Waals surface area contributed by atoms with Gasteiger partial charge in [0, 0.05) is 11.2 Å². The van der Waals surface area contributed by atoms with E-state index < -0.39 is 27.3 Å². The number of carbonyl (C=O) groups excluding carboxylic acids is 1. The fraction of sp³-hybridized carbons (Fsp3) is 0.278. The second-order valence-electron chi connectivity index (χ2n) is 6.70. The summed E-state index contributed by atoms with van der Waals surface area (Å²) in [4.78, 5) is 12.1. The summed E-state index contributed by atoms with van der Waals surface area (Å²) in [6.45, 7) is 5.22. The lowest BCUT2D eigenvalue weighted by Crippen LogP contribution is -2.40. The summed E-state index contributed by atoms with van der Waals surface area (Å²) in [6, 6.07) is 11.9. The highest BCUT2D eigenvalue weighted by molar-refractivity contribution is 7.89. The van der Waals surface area contributed by atoms with Crippen LogP contribution in [0, 0.1) is 5.82 Å². The maximum Gasteiger partial charge on any atom is 0.241 e. The minimum atomic E-state index is -3.70. The van der Waals surface area contributed by atoms with Crippen molar-refractivity contribution in [2.75, 3.05) is 5.32 Å². The summed E-state index contributed by atoms with van der Waals surface area (Å²) in [5.74, 6) is -0.883. The van der Waals surface area contributed by atoms with Gasteiger partial charge < -0.3 is 5.32 Å². The normalized spacial score (nSPS) is 12.0. The smallest absolute Gasteiger partial charge is 0.241 e. The van der Waals surface area contributed by atoms with Gasteiger partial charge in [0.15, 0.2) is 0 Å². The molecule has 0 fully saturated rings. The summed E-state index contributed by atoms with van der Waals surface area (Å²) in [5, 5.41) is 2.60. The Morgan fingerprint density at radius 2 is 1.76 bits per heavy atom. The van der Waals surface area contributed by atoms with Crippen molar-refractivity contribution in [3.8, 4) is 0 Å². The summed E-state index contributed by atoms with van der Waals surface area (Å²) in [5.41, 5.74) is -0.0144. The molecule has 7 heteroatoms. The third kappa shape index (κ3) is 5.65. The van der Waals surface area contributed by atoms with E-state index in [0.717, 1.165) is 0 Å². The molecule has 0 saturated heterocycles. The average Bonchev–Trinajstić information content (AvgIpc) is 2.47. The van der Waals surface area contributed by atoms with Crippen molar-refractivity contribution >= 4 is 21.6 Å². The molecule has 0 saturated carbocycles. The molecule has 0 aliphatic carbocycles. The number of carbonyl (C=O) groups is 1. The molecule has 0 heterocycles. The molecule has 134 valence electrons. The van der Waals surface area contributed by atoms with E-state index in [1.54, 1.807) is 39.0 Å². The molecule has 0 aliphatic rings. The average molecular weight is 364 g/mol. The molecule has 0 spiro atoms. The van der Waals surface area contributed by atoms with Crippen molar-refractivity contribution < 1.29 is 17.6 Å². The first kappa shape index (κ1) is 19.1. The molecule has 0 atom stereocenters. The highest BCUT2D eigenvalue weighted by Crippen LogP contribution is 2.18. The summed E-state index contributed by atoms with van der Waals surface area (Å²) in [6.07, 6.45) is -0.135. The molecule has 2 aromatic rings. The maximum absolute atomic E-state index is 13.6. The van der Waals surface area contributed by atoms with E-state index >= 15 is 0 Å². The van der Waals surface area contributed by atoms with Crippen LogP contribution in [0.4, 0.5) is 10.1 Å². The number of sulfonamides is 1. The Balaban J connectivity index is 2.14. The van der Waals surface area contributed by atoms with E-state index in [2.05, 4.69) is 10.0 Å². The molecule has 0 bridgehead atoms. The number of benzene rings is 2. The number of halogens is 1. The SMILES string of the molecule is CC(C)(C)NS(=O)(=O)c1cccc(NC(=O)Cc2ccccc2F)c1. The minimum absolute atomic E-state index is 0.0473. The molecule has 0 aromatic heterocycles. The van der Waals surface area contributed by atoms with Crippen molar-refractivity contribution in [3.05, 3.63) is 59.9 Å². The first-order valence-corrected chi connectivity index (χ1v) is 9.22. The summed E-state index contributed by atoms with van der Waals surface area (Å²) < 4.78 is 40.8. The predicted molar refractivity (Wildman–Crippen MR) is 95.3 cm³/mol. The Bertz CT molecular complexity index is 874. The van der Waals surface area contributed by atoms with Gasteiger partial charge in [0.25, 0.3) is 0 Å². The van der Waals surface area contributed by atoms with Crippen LogP contribution in [0.25, 0.3) is 0 Å². The number of rotatable bonds is 5. The van der Waals surface area contributed by atoms with Crippen molar-refractivity contribution in [2.45, 2.75) is 37.6 Å². The second kappa shape index (κ2) is 7.33. The fourth-order valence-corrected chi connectivity index (χ4v) is 3.69. The van der Waals surface area contributed by atoms with Crippen LogP contribution in [0.1, 0.15) is 26.3 Å². The summed E-state index contributed by atoms with van der Waals surface area (Å²) in [7, 11) is -3.70. The molecule has 2 aromatic carbocycles. The number of hydrogen-bond donors (Lipinski definition) is 2. The Kier molecular flexibility index (Phi) is 5.59. The van der Waals surface area contributed by atoms with Crippen LogP contribution >= 0.6 is 0 Å². The first-order valence-electron chi connectivity index (χ1n) is 7.74. The standard InChI is InChI=1S/C18H21FN2O3S/c1-18(2,3)21-25(23,24)15-9-6-8-14(12-15)20-17(22)11-13-7-4-5-10-16(13)19/h4-10,12,21H,11H2,1-3H3,(H,20,22). The largest absolute Gasteiger partial charge is 0.326 e. The number of anilines is 1. The highest BCUT2D eigenvalue weighted by atomic mass is 32.2. The van der Waals surface area contributed by atoms with Crippen LogP contribution < -0.4 is 10.0 Å². The molecule has 2 N–H and O–H groups in total. The van der Waals surface area contributed by atoms with Gasteiger partial charge >= 0.3 is 0 Å². The Hall–Kier alpha value is -2.25. The molecular weight excluding hydrogens is 343 g/mol. The van der Waals surface area contributed by atoms with Gasteiger partial charge in [-0.2, -0.15) is 0 Å². The van der Waals surface area contributed by atoms with E-state index in [4.69, 9.17) is 0 Å². The predicted octanol–water partition coefficient (Wildman–Crippen LogP) is 3.08. The molecule has 5 nitrogen and oxygen atoms in total. The summed E-state index contributed by atoms with van der Waals surface area (Å²) >= 11 is 0. The van der Waals surface area contributed by atoms with Crippen molar-refractivity contribution in [3.63, 3.8) is 0 Å². The lowest BCUT2D eigenvalue weighted by molar-refractivity contribution is -0.115. The molecule has 0 radical (unpaired) electrons. The third-order valence-corrected chi connectivity index (χ3v) is 4.93. The van der Waals surface area contributed by atoms with Gasteiger partial charge in [0.05, 0.1) is 11.3 Å². The number of hydrogen-bond acceptors (Lipinski definition) is 3. The molecule has 0 aliphatic heterocycles. The molecular formula is C18H21FN2O3S. The van der Waals surface area contributed by atoms with Crippen LogP contribution in [-0.4, -0.2) is 19.9 Å². The second-order valence-corrected chi connectivity index (χ2v) is 8.38. The lowest BCUT2D eigenvalue weighted by Gasteiger charge is -2.20. The molecule has 1 amide bonds. The van der Waals surface area contributed by atoms with Gasteiger partial charge in [0.2, 0.25) is 15.9 Å². The zero-order valence-electron chi connectivity index (χ0n) is 14.3. The third-order valence-electron chi connectivity index (χ3n) is 3.18. The Morgan fingerprint density at radius 1 is 1.08 bits per heavy atom. The van der Waals surface area contributed by atoms with E-state index in [1.165, 1.54) is 30.3 Å². The zero-order valence-corrected chi connectivity index (χ0v) is 15.2. The maximum atomic E-state index is 13.6. The van der Waals surface area contributed by atoms with Crippen LogP contribution in [-0.2, 0) is 21.2 Å². The zero-order chi connectivity index (χ0) is 18.7. The van der Waals surface area contributed by atoms with Crippen molar-refractivity contribution in [2.24, 2.45) is 0 Å². The topological polar surface area (TPSA) is 75.3 Å². The van der Waals surface area contributed by atoms with Crippen LogP contribution in [0.15, 0.2) is 53.4 Å². The Morgan fingerprint density at radius 3 is 2.40 bits per heavy atom. The van der Waals surface area contributed by atoms with Crippen LogP contribution in [0.3, 0.4) is 0 Å². The van der Waals surface area contributed by atoms with Gasteiger partial charge in [-0.3, -0.25) is 4.79 Å². The monoisotopic (exact) mass is 364 g/mol. The van der Waals surface area contributed by atoms with E-state index in [0.29, 0.717) is 5.69 Å². The van der Waals surface area contributed by atoms with E-state index in [-0.39, 0.29) is 16.9 Å². The van der Waals surface area contributed by atoms with Gasteiger partial charge in [-0.1, -0.05) is 24.3 Å². The fourth-order valence-electron chi connectivity index (χ4n) is 2.22. The first-order chi connectivity index (χ1) is 11.6. The molecule has 0 unspecified atom stereocenters. The highest BCUT2D eigenvalue weighted by Gasteiger charge is 2.22. The number of nitrogens with one attached hydrogen (secondary N) is 2. The Labute approximate surface area is 147 Å². The van der Waals surface area contributed by atoms with Crippen molar-refractivity contribution in [1.82, 2.24) is 4.72 Å². The van der Waals surface area contributed by atoms with Crippen LogP contribution in [0.5, 0.6) is 0 Å². The van der Waals surface area contributed by atoms with Crippen molar-refractivity contribution in [1.29, 1.82) is 0 Å². The molecule has 25 heavy (non-hydrogen) atoms. The number of amides is 1. The molecule has 2 rings (SSSR count). The van der Waals surface area contributed by atoms with Gasteiger partial charge in [-0.15, -0.1) is 0 Å². The van der Waals surface area contributed by atoms with E-state index in [9.17, 15) is 17.6 Å². The minimum Gasteiger partial charge on any atom is -0.326 e.